The summed E-state index contributed by atoms with van der Waals surface area (Å²) in [6.45, 7) is 4.29. The van der Waals surface area contributed by atoms with Crippen LogP contribution >= 0.6 is 0 Å². The second-order valence-electron chi connectivity index (χ2n) is 6.16. The van der Waals surface area contributed by atoms with E-state index in [1.807, 2.05) is 12.1 Å². The highest BCUT2D eigenvalue weighted by atomic mass is 15.2. The Morgan fingerprint density at radius 2 is 2.15 bits per heavy atom. The summed E-state index contributed by atoms with van der Waals surface area (Å²) >= 11 is 0. The molecule has 0 radical (unpaired) electrons. The van der Waals surface area contributed by atoms with E-state index in [2.05, 4.69) is 29.3 Å². The van der Waals surface area contributed by atoms with Crippen LogP contribution in [0.3, 0.4) is 0 Å². The zero-order valence-electron chi connectivity index (χ0n) is 12.2. The molecule has 1 N–H and O–H groups in total. The molecule has 2 fully saturated rings. The average Bonchev–Trinajstić information content (AvgIpc) is 3.30. The molecule has 0 amide bonds. The minimum absolute atomic E-state index is 0.580. The molecule has 3 nitrogen and oxygen atoms in total. The molecule has 1 saturated heterocycles. The van der Waals surface area contributed by atoms with Crippen LogP contribution in [0.15, 0.2) is 18.2 Å². The predicted molar refractivity (Wildman–Crippen MR) is 81.9 cm³/mol. The summed E-state index contributed by atoms with van der Waals surface area (Å²) < 4.78 is 0. The van der Waals surface area contributed by atoms with Crippen molar-refractivity contribution in [2.45, 2.75) is 51.1 Å². The average molecular weight is 269 g/mol. The third-order valence-electron chi connectivity index (χ3n) is 4.40. The molecule has 106 valence electrons. The van der Waals surface area contributed by atoms with Crippen LogP contribution < -0.4 is 10.2 Å². The Hall–Kier alpha value is -1.53. The van der Waals surface area contributed by atoms with Crippen molar-refractivity contribution in [3.05, 3.63) is 29.3 Å². The third-order valence-corrected chi connectivity index (χ3v) is 4.40. The quantitative estimate of drug-likeness (QED) is 0.913. The van der Waals surface area contributed by atoms with E-state index in [1.165, 1.54) is 37.7 Å². The van der Waals surface area contributed by atoms with Gasteiger partial charge in [-0.2, -0.15) is 5.26 Å². The van der Waals surface area contributed by atoms with Gasteiger partial charge < -0.3 is 10.2 Å². The van der Waals surface area contributed by atoms with E-state index in [9.17, 15) is 5.26 Å². The first-order chi connectivity index (χ1) is 9.78. The smallest absolute Gasteiger partial charge is 0.101 e. The number of hydrogen-bond acceptors (Lipinski definition) is 3. The Bertz CT molecular complexity index is 507. The lowest BCUT2D eigenvalue weighted by molar-refractivity contribution is 0.398. The number of nitrogens with zero attached hydrogens (tertiary/aromatic N) is 2. The topological polar surface area (TPSA) is 39.1 Å². The number of nitriles is 1. The summed E-state index contributed by atoms with van der Waals surface area (Å²) in [4.78, 5) is 2.48. The molecule has 1 aromatic carbocycles. The number of aryl methyl sites for hydroxylation is 1. The largest absolute Gasteiger partial charge is 0.366 e. The van der Waals surface area contributed by atoms with E-state index in [-0.39, 0.29) is 0 Å². The van der Waals surface area contributed by atoms with Gasteiger partial charge in [0.05, 0.1) is 11.3 Å². The molecule has 3 rings (SSSR count). The first kappa shape index (κ1) is 13.5. The van der Waals surface area contributed by atoms with E-state index < -0.39 is 0 Å². The highest BCUT2D eigenvalue weighted by Gasteiger charge is 2.32. The van der Waals surface area contributed by atoms with E-state index in [0.29, 0.717) is 12.1 Å². The number of benzene rings is 1. The minimum Gasteiger partial charge on any atom is -0.366 e. The zero-order chi connectivity index (χ0) is 13.9. The molecular formula is C17H23N3. The number of piperidine rings is 1. The van der Waals surface area contributed by atoms with Gasteiger partial charge in [-0.05, 0) is 56.8 Å². The van der Waals surface area contributed by atoms with Gasteiger partial charge in [0.25, 0.3) is 0 Å². The first-order valence-corrected chi connectivity index (χ1v) is 7.78. The van der Waals surface area contributed by atoms with E-state index in [0.717, 1.165) is 24.3 Å². The van der Waals surface area contributed by atoms with Crippen LogP contribution in [0.2, 0.25) is 0 Å². The van der Waals surface area contributed by atoms with E-state index >= 15 is 0 Å². The second kappa shape index (κ2) is 5.85. The highest BCUT2D eigenvalue weighted by Crippen LogP contribution is 2.34. The molecule has 0 bridgehead atoms. The summed E-state index contributed by atoms with van der Waals surface area (Å²) in [6, 6.07) is 9.77. The molecule has 1 aromatic rings. The van der Waals surface area contributed by atoms with Crippen molar-refractivity contribution in [3.63, 3.8) is 0 Å². The van der Waals surface area contributed by atoms with E-state index in [4.69, 9.17) is 0 Å². The van der Waals surface area contributed by atoms with Crippen LogP contribution in [0, 0.1) is 18.3 Å². The summed E-state index contributed by atoms with van der Waals surface area (Å²) in [5, 5.41) is 13.0. The molecule has 1 atom stereocenters. The Morgan fingerprint density at radius 1 is 1.30 bits per heavy atom. The standard InChI is InChI=1S/C17H23N3/c1-13-5-6-14(11-18)17(10-13)20(16-7-8-16)12-15-4-2-3-9-19-15/h5-6,10,15-16,19H,2-4,7-9,12H2,1H3. The van der Waals surface area contributed by atoms with Crippen molar-refractivity contribution in [3.8, 4) is 6.07 Å². The number of anilines is 1. The Labute approximate surface area is 121 Å². The fourth-order valence-corrected chi connectivity index (χ4v) is 3.12. The normalized spacial score (nSPS) is 22.3. The molecule has 20 heavy (non-hydrogen) atoms. The molecule has 1 aliphatic heterocycles. The van der Waals surface area contributed by atoms with Crippen LogP contribution in [-0.4, -0.2) is 25.2 Å². The Kier molecular flexibility index (Phi) is 3.93. The summed E-state index contributed by atoms with van der Waals surface area (Å²) in [5.41, 5.74) is 3.20. The van der Waals surface area contributed by atoms with Gasteiger partial charge in [0.15, 0.2) is 0 Å². The molecule has 0 aromatic heterocycles. The van der Waals surface area contributed by atoms with Gasteiger partial charge in [-0.25, -0.2) is 0 Å². The summed E-state index contributed by atoms with van der Waals surface area (Å²) in [5.74, 6) is 0. The molecular weight excluding hydrogens is 246 g/mol. The molecule has 1 heterocycles. The molecule has 3 heteroatoms. The maximum Gasteiger partial charge on any atom is 0.101 e. The minimum atomic E-state index is 0.580. The van der Waals surface area contributed by atoms with Crippen molar-refractivity contribution >= 4 is 5.69 Å². The van der Waals surface area contributed by atoms with Crippen LogP contribution in [-0.2, 0) is 0 Å². The van der Waals surface area contributed by atoms with Crippen molar-refractivity contribution in [1.29, 1.82) is 5.26 Å². The van der Waals surface area contributed by atoms with Crippen LogP contribution in [0.5, 0.6) is 0 Å². The first-order valence-electron chi connectivity index (χ1n) is 7.78. The maximum absolute atomic E-state index is 9.37. The van der Waals surface area contributed by atoms with Gasteiger partial charge in [-0.1, -0.05) is 12.5 Å². The molecule has 1 aliphatic carbocycles. The summed E-state index contributed by atoms with van der Waals surface area (Å²) in [7, 11) is 0. The molecule has 1 unspecified atom stereocenters. The van der Waals surface area contributed by atoms with Gasteiger partial charge in [0, 0.05) is 18.6 Å². The van der Waals surface area contributed by atoms with E-state index in [1.54, 1.807) is 0 Å². The van der Waals surface area contributed by atoms with Crippen LogP contribution in [0.1, 0.15) is 43.2 Å². The molecule has 0 spiro atoms. The van der Waals surface area contributed by atoms with Crippen molar-refractivity contribution in [1.82, 2.24) is 5.32 Å². The lowest BCUT2D eigenvalue weighted by atomic mass is 10.0. The predicted octanol–water partition coefficient (Wildman–Crippen LogP) is 2.98. The molecule has 2 aliphatic rings. The Balaban J connectivity index is 1.83. The van der Waals surface area contributed by atoms with Crippen molar-refractivity contribution in [2.24, 2.45) is 0 Å². The van der Waals surface area contributed by atoms with Gasteiger partial charge in [-0.15, -0.1) is 0 Å². The number of hydrogen-bond donors (Lipinski definition) is 1. The van der Waals surface area contributed by atoms with Gasteiger partial charge in [-0.3, -0.25) is 0 Å². The second-order valence-corrected chi connectivity index (χ2v) is 6.16. The third kappa shape index (κ3) is 2.96. The van der Waals surface area contributed by atoms with Crippen LogP contribution in [0.4, 0.5) is 5.69 Å². The fraction of sp³-hybridized carbons (Fsp3) is 0.588. The molecule has 1 saturated carbocycles. The SMILES string of the molecule is Cc1ccc(C#N)c(N(CC2CCCCN2)C2CC2)c1. The van der Waals surface area contributed by atoms with Crippen molar-refractivity contribution in [2.75, 3.05) is 18.0 Å². The Morgan fingerprint density at radius 3 is 2.80 bits per heavy atom. The monoisotopic (exact) mass is 269 g/mol. The number of rotatable bonds is 4. The lowest BCUT2D eigenvalue weighted by Crippen LogP contribution is -2.44. The highest BCUT2D eigenvalue weighted by molar-refractivity contribution is 5.62. The lowest BCUT2D eigenvalue weighted by Gasteiger charge is -2.33. The summed E-state index contributed by atoms with van der Waals surface area (Å²) in [6.07, 6.45) is 6.43. The van der Waals surface area contributed by atoms with Crippen LogP contribution in [0.25, 0.3) is 0 Å². The fourth-order valence-electron chi connectivity index (χ4n) is 3.12. The zero-order valence-corrected chi connectivity index (χ0v) is 12.2. The maximum atomic E-state index is 9.37. The van der Waals surface area contributed by atoms with Gasteiger partial charge in [0.1, 0.15) is 6.07 Å². The van der Waals surface area contributed by atoms with Crippen molar-refractivity contribution < 1.29 is 0 Å². The van der Waals surface area contributed by atoms with Gasteiger partial charge in [0.2, 0.25) is 0 Å². The number of nitrogens with one attached hydrogen (secondary N) is 1. The van der Waals surface area contributed by atoms with Gasteiger partial charge >= 0.3 is 0 Å².